The maximum absolute atomic E-state index is 12.5. The van der Waals surface area contributed by atoms with Gasteiger partial charge in [0.25, 0.3) is 5.91 Å². The summed E-state index contributed by atoms with van der Waals surface area (Å²) < 4.78 is 2.12. The van der Waals surface area contributed by atoms with Gasteiger partial charge >= 0.3 is 0 Å². The van der Waals surface area contributed by atoms with Crippen molar-refractivity contribution in [1.29, 1.82) is 0 Å². The van der Waals surface area contributed by atoms with Crippen LogP contribution in [0.1, 0.15) is 28.7 Å². The molecule has 0 aliphatic carbocycles. The maximum atomic E-state index is 12.5. The third kappa shape index (κ3) is 4.20. The molecule has 0 atom stereocenters. The molecule has 0 fully saturated rings. The first-order chi connectivity index (χ1) is 12.8. The fourth-order valence-electron chi connectivity index (χ4n) is 2.93. The van der Waals surface area contributed by atoms with Gasteiger partial charge in [-0.3, -0.25) is 9.59 Å². The largest absolute Gasteiger partial charge is 0.326 e. The van der Waals surface area contributed by atoms with Crippen LogP contribution in [0.5, 0.6) is 0 Å². The summed E-state index contributed by atoms with van der Waals surface area (Å²) >= 11 is 6.20. The Morgan fingerprint density at radius 2 is 1.52 bits per heavy atom. The number of carbonyl (C=O) groups is 2. The Hall–Kier alpha value is -3.05. The number of anilines is 2. The number of rotatable bonds is 4. The first-order valence-corrected chi connectivity index (χ1v) is 8.87. The molecular weight excluding hydrogens is 362 g/mol. The summed E-state index contributed by atoms with van der Waals surface area (Å²) in [4.78, 5) is 23.6. The smallest absolute Gasteiger partial charge is 0.255 e. The minimum Gasteiger partial charge on any atom is -0.326 e. The van der Waals surface area contributed by atoms with E-state index in [1.165, 1.54) is 6.92 Å². The van der Waals surface area contributed by atoms with Gasteiger partial charge in [0.05, 0.1) is 10.7 Å². The second-order valence-corrected chi connectivity index (χ2v) is 6.74. The van der Waals surface area contributed by atoms with Crippen LogP contribution in [0.25, 0.3) is 5.69 Å². The Bertz CT molecular complexity index is 987. The van der Waals surface area contributed by atoms with Crippen molar-refractivity contribution in [2.75, 3.05) is 10.6 Å². The predicted molar refractivity (Wildman–Crippen MR) is 109 cm³/mol. The highest BCUT2D eigenvalue weighted by Gasteiger charge is 2.11. The molecule has 3 rings (SSSR count). The molecule has 2 N–H and O–H groups in total. The van der Waals surface area contributed by atoms with Gasteiger partial charge in [-0.2, -0.15) is 0 Å². The summed E-state index contributed by atoms with van der Waals surface area (Å²) in [5.41, 5.74) is 4.86. The molecule has 0 bridgehead atoms. The van der Waals surface area contributed by atoms with Crippen molar-refractivity contribution in [3.8, 4) is 5.69 Å². The summed E-state index contributed by atoms with van der Waals surface area (Å²) in [6.07, 6.45) is 0. The number of nitrogens with zero attached hydrogens (tertiary/aromatic N) is 1. The van der Waals surface area contributed by atoms with Crippen molar-refractivity contribution in [3.05, 3.63) is 76.6 Å². The van der Waals surface area contributed by atoms with Gasteiger partial charge in [0.2, 0.25) is 5.91 Å². The Labute approximate surface area is 163 Å². The van der Waals surface area contributed by atoms with E-state index in [9.17, 15) is 9.59 Å². The van der Waals surface area contributed by atoms with E-state index in [4.69, 9.17) is 11.6 Å². The van der Waals surface area contributed by atoms with Gasteiger partial charge in [-0.1, -0.05) is 11.6 Å². The summed E-state index contributed by atoms with van der Waals surface area (Å²) in [5, 5.41) is 5.79. The molecule has 6 heteroatoms. The summed E-state index contributed by atoms with van der Waals surface area (Å²) in [5.74, 6) is -0.437. The van der Waals surface area contributed by atoms with Crippen molar-refractivity contribution in [1.82, 2.24) is 4.57 Å². The van der Waals surface area contributed by atoms with Crippen LogP contribution in [-0.4, -0.2) is 16.4 Å². The molecule has 2 amide bonds. The molecule has 0 radical (unpaired) electrons. The quantitative estimate of drug-likeness (QED) is 0.671. The Morgan fingerprint density at radius 3 is 2.07 bits per heavy atom. The van der Waals surface area contributed by atoms with Crippen molar-refractivity contribution < 1.29 is 9.59 Å². The van der Waals surface area contributed by atoms with E-state index in [1.807, 2.05) is 26.0 Å². The number of hydrogen-bond donors (Lipinski definition) is 2. The Morgan fingerprint density at radius 1 is 0.889 bits per heavy atom. The standard InChI is InChI=1S/C21H20ClN3O2/c1-13-4-5-14(2)25(13)18-9-6-16(7-10-18)21(27)24-20-11-8-17(12-19(20)22)23-15(3)26/h4-12H,1-3H3,(H,23,26)(H,24,27). The molecule has 5 nitrogen and oxygen atoms in total. The number of nitrogens with one attached hydrogen (secondary N) is 2. The van der Waals surface area contributed by atoms with Crippen LogP contribution in [0.4, 0.5) is 11.4 Å². The lowest BCUT2D eigenvalue weighted by Gasteiger charge is -2.12. The zero-order valence-electron chi connectivity index (χ0n) is 15.3. The van der Waals surface area contributed by atoms with Gasteiger partial charge in [0, 0.05) is 35.2 Å². The molecular formula is C21H20ClN3O2. The highest BCUT2D eigenvalue weighted by atomic mass is 35.5. The van der Waals surface area contributed by atoms with Crippen LogP contribution in [0.2, 0.25) is 5.02 Å². The lowest BCUT2D eigenvalue weighted by molar-refractivity contribution is -0.114. The summed E-state index contributed by atoms with van der Waals surface area (Å²) in [6, 6.07) is 16.4. The van der Waals surface area contributed by atoms with Crippen molar-refractivity contribution in [2.45, 2.75) is 20.8 Å². The first-order valence-electron chi connectivity index (χ1n) is 8.49. The summed E-state index contributed by atoms with van der Waals surface area (Å²) in [6.45, 7) is 5.50. The molecule has 27 heavy (non-hydrogen) atoms. The normalized spacial score (nSPS) is 10.5. The third-order valence-corrected chi connectivity index (χ3v) is 4.51. The van der Waals surface area contributed by atoms with Gasteiger partial charge < -0.3 is 15.2 Å². The average molecular weight is 382 g/mol. The number of amides is 2. The minimum absolute atomic E-state index is 0.184. The zero-order chi connectivity index (χ0) is 19.6. The molecule has 2 aromatic carbocycles. The van der Waals surface area contributed by atoms with E-state index in [-0.39, 0.29) is 11.8 Å². The Balaban J connectivity index is 1.76. The number of carbonyl (C=O) groups excluding carboxylic acids is 2. The van der Waals surface area contributed by atoms with E-state index in [1.54, 1.807) is 30.3 Å². The van der Waals surface area contributed by atoms with Crippen molar-refractivity contribution in [3.63, 3.8) is 0 Å². The molecule has 0 saturated heterocycles. The molecule has 3 aromatic rings. The predicted octanol–water partition coefficient (Wildman–Crippen LogP) is 4.96. The fraction of sp³-hybridized carbons (Fsp3) is 0.143. The second kappa shape index (κ2) is 7.68. The molecule has 138 valence electrons. The van der Waals surface area contributed by atoms with Gasteiger partial charge in [-0.25, -0.2) is 0 Å². The fourth-order valence-corrected chi connectivity index (χ4v) is 3.16. The van der Waals surface area contributed by atoms with Crippen LogP contribution in [0, 0.1) is 13.8 Å². The van der Waals surface area contributed by atoms with Crippen LogP contribution in [0.3, 0.4) is 0 Å². The van der Waals surface area contributed by atoms with E-state index in [0.717, 1.165) is 17.1 Å². The van der Waals surface area contributed by atoms with E-state index in [0.29, 0.717) is 22.0 Å². The molecule has 0 spiro atoms. The molecule has 1 heterocycles. The van der Waals surface area contributed by atoms with Gasteiger partial charge in [0.1, 0.15) is 0 Å². The van der Waals surface area contributed by atoms with Crippen LogP contribution < -0.4 is 10.6 Å². The van der Waals surface area contributed by atoms with Crippen LogP contribution in [-0.2, 0) is 4.79 Å². The van der Waals surface area contributed by atoms with E-state index >= 15 is 0 Å². The number of hydrogen-bond acceptors (Lipinski definition) is 2. The lowest BCUT2D eigenvalue weighted by Crippen LogP contribution is -2.13. The maximum Gasteiger partial charge on any atom is 0.255 e. The van der Waals surface area contributed by atoms with E-state index in [2.05, 4.69) is 27.3 Å². The van der Waals surface area contributed by atoms with Crippen LogP contribution >= 0.6 is 11.6 Å². The Kier molecular flexibility index (Phi) is 5.33. The van der Waals surface area contributed by atoms with Gasteiger partial charge in [-0.05, 0) is 68.4 Å². The highest BCUT2D eigenvalue weighted by molar-refractivity contribution is 6.34. The third-order valence-electron chi connectivity index (χ3n) is 4.20. The second-order valence-electron chi connectivity index (χ2n) is 6.33. The molecule has 0 aliphatic rings. The first kappa shape index (κ1) is 18.7. The van der Waals surface area contributed by atoms with Gasteiger partial charge in [-0.15, -0.1) is 0 Å². The zero-order valence-corrected chi connectivity index (χ0v) is 16.1. The monoisotopic (exact) mass is 381 g/mol. The highest BCUT2D eigenvalue weighted by Crippen LogP contribution is 2.26. The lowest BCUT2D eigenvalue weighted by atomic mass is 10.1. The van der Waals surface area contributed by atoms with Gasteiger partial charge in [0.15, 0.2) is 0 Å². The average Bonchev–Trinajstić information content (AvgIpc) is 2.95. The topological polar surface area (TPSA) is 63.1 Å². The molecule has 1 aromatic heterocycles. The molecule has 0 saturated carbocycles. The SMILES string of the molecule is CC(=O)Nc1ccc(NC(=O)c2ccc(-n3c(C)ccc3C)cc2)c(Cl)c1. The minimum atomic E-state index is -0.253. The van der Waals surface area contributed by atoms with E-state index < -0.39 is 0 Å². The molecule has 0 aliphatic heterocycles. The number of aryl methyl sites for hydroxylation is 2. The number of halogens is 1. The van der Waals surface area contributed by atoms with Crippen molar-refractivity contribution >= 4 is 34.8 Å². The van der Waals surface area contributed by atoms with Crippen LogP contribution in [0.15, 0.2) is 54.6 Å². The number of benzene rings is 2. The molecule has 0 unspecified atom stereocenters. The number of aromatic nitrogens is 1. The van der Waals surface area contributed by atoms with Crippen molar-refractivity contribution in [2.24, 2.45) is 0 Å². The summed E-state index contributed by atoms with van der Waals surface area (Å²) in [7, 11) is 0.